The zero-order chi connectivity index (χ0) is 22.1. The first kappa shape index (κ1) is 20.9. The number of hydrogen-bond donors (Lipinski definition) is 1. The first-order chi connectivity index (χ1) is 14.9. The van der Waals surface area contributed by atoms with Gasteiger partial charge in [-0.15, -0.1) is 0 Å². The number of halogens is 1. The number of ketones is 1. The number of para-hydroxylation sites is 1. The number of nitrogens with one attached hydrogen (secondary N) is 1. The molecule has 1 N–H and O–H groups in total. The van der Waals surface area contributed by atoms with Crippen molar-refractivity contribution in [2.45, 2.75) is 31.5 Å². The maximum atomic E-state index is 13.8. The van der Waals surface area contributed by atoms with E-state index in [4.69, 9.17) is 4.74 Å². The van der Waals surface area contributed by atoms with Gasteiger partial charge in [-0.3, -0.25) is 9.59 Å². The molecule has 31 heavy (non-hydrogen) atoms. The Kier molecular flexibility index (Phi) is 5.46. The number of carbonyl (C=O) groups is 2. The van der Waals surface area contributed by atoms with Gasteiger partial charge >= 0.3 is 0 Å². The Labute approximate surface area is 181 Å². The van der Waals surface area contributed by atoms with Crippen molar-refractivity contribution in [2.24, 2.45) is 5.92 Å². The predicted octanol–water partition coefficient (Wildman–Crippen LogP) is 5.36. The summed E-state index contributed by atoms with van der Waals surface area (Å²) in [7, 11) is 0. The minimum atomic E-state index is -1.48. The van der Waals surface area contributed by atoms with Crippen LogP contribution in [0.1, 0.15) is 36.2 Å². The van der Waals surface area contributed by atoms with E-state index in [0.29, 0.717) is 23.2 Å². The van der Waals surface area contributed by atoms with Gasteiger partial charge in [0.25, 0.3) is 5.91 Å². The van der Waals surface area contributed by atoms with Crippen LogP contribution in [0.3, 0.4) is 0 Å². The van der Waals surface area contributed by atoms with Gasteiger partial charge in [-0.05, 0) is 54.3 Å². The van der Waals surface area contributed by atoms with E-state index >= 15 is 0 Å². The van der Waals surface area contributed by atoms with Crippen LogP contribution in [0.25, 0.3) is 0 Å². The van der Waals surface area contributed by atoms with E-state index < -0.39 is 17.0 Å². The van der Waals surface area contributed by atoms with Crippen LogP contribution in [-0.4, -0.2) is 17.3 Å². The Morgan fingerprint density at radius 3 is 2.06 bits per heavy atom. The van der Waals surface area contributed by atoms with Crippen LogP contribution < -0.4 is 5.32 Å². The number of epoxide rings is 1. The number of benzene rings is 3. The molecule has 1 saturated heterocycles. The molecule has 1 aliphatic heterocycles. The number of carbonyl (C=O) groups excluding carboxylic acids is 2. The normalized spacial score (nSPS) is 22.2. The second-order valence-electron chi connectivity index (χ2n) is 8.23. The highest BCUT2D eigenvalue weighted by Gasteiger charge is 2.79. The monoisotopic (exact) mass is 417 g/mol. The lowest BCUT2D eigenvalue weighted by Gasteiger charge is -2.21. The van der Waals surface area contributed by atoms with Crippen molar-refractivity contribution >= 4 is 17.4 Å². The maximum absolute atomic E-state index is 13.8. The van der Waals surface area contributed by atoms with E-state index in [1.807, 2.05) is 50.2 Å². The van der Waals surface area contributed by atoms with Crippen molar-refractivity contribution in [3.05, 3.63) is 102 Å². The average Bonchev–Trinajstić information content (AvgIpc) is 3.45. The van der Waals surface area contributed by atoms with Crippen molar-refractivity contribution in [3.63, 3.8) is 0 Å². The molecule has 1 aliphatic rings. The molecular formula is C26H24FNO3. The fourth-order valence-corrected chi connectivity index (χ4v) is 4.18. The molecule has 1 fully saturated rings. The molecule has 3 aromatic rings. The molecule has 0 aromatic heterocycles. The molecule has 2 atom stereocenters. The summed E-state index contributed by atoms with van der Waals surface area (Å²) in [4.78, 5) is 27.3. The standard InChI is InChI=1S/C26H24FNO3/c1-18(2)17-25(24(30)28-22-11-7-4-8-12-22)26(31-25,20-9-5-3-6-10-20)23(29)19-13-15-21(27)16-14-19/h3-16,18H,17H2,1-2H3,(H,28,30)/t25-,26+/m1/s1. The Morgan fingerprint density at radius 2 is 1.48 bits per heavy atom. The molecule has 1 amide bonds. The van der Waals surface area contributed by atoms with Gasteiger partial charge in [-0.25, -0.2) is 4.39 Å². The summed E-state index contributed by atoms with van der Waals surface area (Å²) in [5.41, 5.74) is -1.32. The highest BCUT2D eigenvalue weighted by Crippen LogP contribution is 2.61. The largest absolute Gasteiger partial charge is 0.338 e. The van der Waals surface area contributed by atoms with Crippen LogP contribution in [0.4, 0.5) is 10.1 Å². The summed E-state index contributed by atoms with van der Waals surface area (Å²) in [5, 5.41) is 2.91. The second kappa shape index (κ2) is 8.08. The average molecular weight is 417 g/mol. The van der Waals surface area contributed by atoms with Crippen LogP contribution in [0, 0.1) is 11.7 Å². The fraction of sp³-hybridized carbons (Fsp3) is 0.231. The lowest BCUT2D eigenvalue weighted by molar-refractivity contribution is -0.121. The molecule has 0 saturated carbocycles. The lowest BCUT2D eigenvalue weighted by Crippen LogP contribution is -2.42. The third-order valence-electron chi connectivity index (χ3n) is 5.55. The van der Waals surface area contributed by atoms with Crippen molar-refractivity contribution in [3.8, 4) is 0 Å². The molecule has 1 heterocycles. The van der Waals surface area contributed by atoms with E-state index in [-0.39, 0.29) is 17.6 Å². The van der Waals surface area contributed by atoms with Gasteiger partial charge in [0.05, 0.1) is 0 Å². The highest BCUT2D eigenvalue weighted by molar-refractivity contribution is 6.14. The van der Waals surface area contributed by atoms with Gasteiger partial charge in [-0.1, -0.05) is 62.4 Å². The molecule has 0 spiro atoms. The van der Waals surface area contributed by atoms with Gasteiger partial charge in [0.1, 0.15) is 5.82 Å². The van der Waals surface area contributed by atoms with Crippen molar-refractivity contribution in [1.82, 2.24) is 0 Å². The van der Waals surface area contributed by atoms with Crippen LogP contribution in [-0.2, 0) is 15.1 Å². The molecule has 3 aromatic carbocycles. The lowest BCUT2D eigenvalue weighted by atomic mass is 9.76. The first-order valence-corrected chi connectivity index (χ1v) is 10.3. The van der Waals surface area contributed by atoms with Crippen LogP contribution in [0.2, 0.25) is 0 Å². The third-order valence-corrected chi connectivity index (χ3v) is 5.55. The quantitative estimate of drug-likeness (QED) is 0.416. The van der Waals surface area contributed by atoms with E-state index in [0.717, 1.165) is 0 Å². The molecule has 0 aliphatic carbocycles. The van der Waals surface area contributed by atoms with Crippen LogP contribution in [0.15, 0.2) is 84.9 Å². The third kappa shape index (κ3) is 3.66. The smallest absolute Gasteiger partial charge is 0.260 e. The van der Waals surface area contributed by atoms with E-state index in [2.05, 4.69) is 5.32 Å². The molecule has 4 rings (SSSR count). The minimum Gasteiger partial charge on any atom is -0.338 e. The zero-order valence-corrected chi connectivity index (χ0v) is 17.5. The number of rotatable bonds is 7. The summed E-state index contributed by atoms with van der Waals surface area (Å²) >= 11 is 0. The van der Waals surface area contributed by atoms with Crippen LogP contribution >= 0.6 is 0 Å². The van der Waals surface area contributed by atoms with Crippen molar-refractivity contribution in [1.29, 1.82) is 0 Å². The summed E-state index contributed by atoms with van der Waals surface area (Å²) in [6.45, 7) is 3.97. The minimum absolute atomic E-state index is 0.0909. The highest BCUT2D eigenvalue weighted by atomic mass is 19.1. The summed E-state index contributed by atoms with van der Waals surface area (Å²) in [6.07, 6.45) is 0.355. The number of amides is 1. The van der Waals surface area contributed by atoms with Crippen molar-refractivity contribution < 1.29 is 18.7 Å². The van der Waals surface area contributed by atoms with Crippen molar-refractivity contribution in [2.75, 3.05) is 5.32 Å². The topological polar surface area (TPSA) is 58.7 Å². The van der Waals surface area contributed by atoms with Gasteiger partial charge in [0.2, 0.25) is 5.78 Å². The molecule has 158 valence electrons. The summed E-state index contributed by atoms with van der Waals surface area (Å²) in [6, 6.07) is 23.5. The number of ether oxygens (including phenoxy) is 1. The van der Waals surface area contributed by atoms with Gasteiger partial charge in [0, 0.05) is 11.3 Å². The van der Waals surface area contributed by atoms with Gasteiger partial charge < -0.3 is 10.1 Å². The molecular weight excluding hydrogens is 393 g/mol. The summed E-state index contributed by atoms with van der Waals surface area (Å²) in [5.74, 6) is -1.07. The Morgan fingerprint density at radius 1 is 0.903 bits per heavy atom. The van der Waals surface area contributed by atoms with E-state index in [1.165, 1.54) is 24.3 Å². The SMILES string of the molecule is CC(C)C[C@]1(C(=O)Nc2ccccc2)O[C@]1(C(=O)c1ccc(F)cc1)c1ccccc1. The maximum Gasteiger partial charge on any atom is 0.260 e. The Hall–Kier alpha value is -3.31. The molecule has 0 radical (unpaired) electrons. The number of Topliss-reactive ketones (excluding diaryl/α,β-unsaturated/α-hetero) is 1. The van der Waals surface area contributed by atoms with Gasteiger partial charge in [-0.2, -0.15) is 0 Å². The fourth-order valence-electron chi connectivity index (χ4n) is 4.18. The molecule has 5 heteroatoms. The van der Waals surface area contributed by atoms with Crippen LogP contribution in [0.5, 0.6) is 0 Å². The molecule has 0 unspecified atom stereocenters. The molecule has 4 nitrogen and oxygen atoms in total. The number of anilines is 1. The Balaban J connectivity index is 1.81. The van der Waals surface area contributed by atoms with Gasteiger partial charge in [0.15, 0.2) is 11.2 Å². The first-order valence-electron chi connectivity index (χ1n) is 10.3. The second-order valence-corrected chi connectivity index (χ2v) is 8.23. The zero-order valence-electron chi connectivity index (χ0n) is 17.5. The molecule has 0 bridgehead atoms. The predicted molar refractivity (Wildman–Crippen MR) is 117 cm³/mol. The van der Waals surface area contributed by atoms with E-state index in [1.54, 1.807) is 24.3 Å². The number of hydrogen-bond acceptors (Lipinski definition) is 3. The van der Waals surface area contributed by atoms with E-state index in [9.17, 15) is 14.0 Å². The Bertz CT molecular complexity index is 1080. The summed E-state index contributed by atoms with van der Waals surface area (Å²) < 4.78 is 19.7.